The smallest absolute Gasteiger partial charge is 0.276 e. The average molecular weight is 489 g/mol. The average Bonchev–Trinajstić information content (AvgIpc) is 3.58. The van der Waals surface area contributed by atoms with E-state index in [2.05, 4.69) is 39.7 Å². The molecule has 1 unspecified atom stereocenters. The Morgan fingerprint density at radius 1 is 1.14 bits per heavy atom. The summed E-state index contributed by atoms with van der Waals surface area (Å²) >= 11 is 0. The van der Waals surface area contributed by atoms with Gasteiger partial charge in [0.1, 0.15) is 6.04 Å². The summed E-state index contributed by atoms with van der Waals surface area (Å²) in [5, 5.41) is 17.7. The molecule has 12 heteroatoms. The van der Waals surface area contributed by atoms with Gasteiger partial charge in [0.2, 0.25) is 11.8 Å². The van der Waals surface area contributed by atoms with Gasteiger partial charge in [-0.1, -0.05) is 19.1 Å². The Hall–Kier alpha value is -4.35. The number of rotatable bonds is 3. The largest absolute Gasteiger partial charge is 0.332 e. The van der Waals surface area contributed by atoms with Gasteiger partial charge in [0.05, 0.1) is 18.1 Å². The van der Waals surface area contributed by atoms with Crippen molar-refractivity contribution in [3.8, 4) is 5.69 Å². The van der Waals surface area contributed by atoms with Crippen molar-refractivity contribution in [3.05, 3.63) is 58.7 Å². The van der Waals surface area contributed by atoms with Crippen LogP contribution in [0.3, 0.4) is 0 Å². The van der Waals surface area contributed by atoms with Crippen molar-refractivity contribution >= 4 is 23.6 Å². The molecule has 0 radical (unpaired) electrons. The van der Waals surface area contributed by atoms with E-state index in [-0.39, 0.29) is 41.8 Å². The van der Waals surface area contributed by atoms with Crippen molar-refractivity contribution in [1.29, 1.82) is 0 Å². The number of carbonyl (C=O) groups excluding carboxylic acids is 4. The number of carbonyl (C=O) groups is 4. The fraction of sp³-hybridized carbons (Fsp3) is 0.375. The highest BCUT2D eigenvalue weighted by molar-refractivity contribution is 6.05. The van der Waals surface area contributed by atoms with Crippen LogP contribution in [0.1, 0.15) is 64.4 Å². The summed E-state index contributed by atoms with van der Waals surface area (Å²) < 4.78 is 1.50. The van der Waals surface area contributed by atoms with E-state index >= 15 is 0 Å². The van der Waals surface area contributed by atoms with Gasteiger partial charge in [0.15, 0.2) is 5.69 Å². The summed E-state index contributed by atoms with van der Waals surface area (Å²) in [6.07, 6.45) is 3.83. The minimum Gasteiger partial charge on any atom is -0.332 e. The van der Waals surface area contributed by atoms with E-state index in [0.717, 1.165) is 16.8 Å². The van der Waals surface area contributed by atoms with Crippen LogP contribution >= 0.6 is 0 Å². The monoisotopic (exact) mass is 488 g/mol. The first-order valence-corrected chi connectivity index (χ1v) is 11.7. The third kappa shape index (κ3) is 3.48. The lowest BCUT2D eigenvalue weighted by atomic mass is 9.83. The van der Waals surface area contributed by atoms with Gasteiger partial charge in [-0.05, 0) is 30.2 Å². The van der Waals surface area contributed by atoms with Gasteiger partial charge in [0.25, 0.3) is 11.8 Å². The summed E-state index contributed by atoms with van der Waals surface area (Å²) in [5.41, 5.74) is 3.87. The number of fused-ring (bicyclic) bond motifs is 2. The van der Waals surface area contributed by atoms with E-state index in [1.165, 1.54) is 9.58 Å². The van der Waals surface area contributed by atoms with Crippen LogP contribution < -0.4 is 5.32 Å². The number of piperidine rings is 1. The molecule has 184 valence electrons. The van der Waals surface area contributed by atoms with Crippen LogP contribution in [0, 0.1) is 0 Å². The van der Waals surface area contributed by atoms with E-state index < -0.39 is 11.9 Å². The maximum atomic E-state index is 13.2. The summed E-state index contributed by atoms with van der Waals surface area (Å²) in [6, 6.07) is 4.56. The molecule has 12 nitrogen and oxygen atoms in total. The molecule has 5 heterocycles. The number of imide groups is 1. The van der Waals surface area contributed by atoms with Gasteiger partial charge in [-0.25, -0.2) is 4.68 Å². The zero-order chi connectivity index (χ0) is 25.2. The van der Waals surface area contributed by atoms with Crippen molar-refractivity contribution in [2.24, 2.45) is 0 Å². The minimum atomic E-state index is -0.675. The lowest BCUT2D eigenvalue weighted by molar-refractivity contribution is -0.136. The molecule has 1 saturated heterocycles. The third-order valence-electron chi connectivity index (χ3n) is 7.11. The number of aromatic nitrogens is 5. The fourth-order valence-electron chi connectivity index (χ4n) is 5.33. The van der Waals surface area contributed by atoms with Crippen LogP contribution in [-0.4, -0.2) is 71.2 Å². The molecule has 1 aromatic carbocycles. The second-order valence-electron chi connectivity index (χ2n) is 10.1. The van der Waals surface area contributed by atoms with E-state index in [9.17, 15) is 19.2 Å². The maximum absolute atomic E-state index is 13.2. The Morgan fingerprint density at radius 2 is 1.97 bits per heavy atom. The molecule has 6 rings (SSSR count). The fourth-order valence-corrected chi connectivity index (χ4v) is 5.33. The lowest BCUT2D eigenvalue weighted by Crippen LogP contribution is -2.52. The Kier molecular flexibility index (Phi) is 4.82. The highest BCUT2D eigenvalue weighted by Crippen LogP contribution is 2.32. The molecule has 1 atom stereocenters. The molecule has 0 spiro atoms. The molecule has 3 aliphatic rings. The van der Waals surface area contributed by atoms with E-state index in [1.807, 2.05) is 6.07 Å². The van der Waals surface area contributed by atoms with Gasteiger partial charge in [-0.3, -0.25) is 29.6 Å². The molecule has 3 aliphatic heterocycles. The van der Waals surface area contributed by atoms with Crippen LogP contribution in [0.2, 0.25) is 0 Å². The quantitative estimate of drug-likeness (QED) is 0.516. The number of nitrogens with one attached hydrogen (secondary N) is 2. The second-order valence-corrected chi connectivity index (χ2v) is 10.1. The molecule has 0 bridgehead atoms. The Bertz CT molecular complexity index is 1440. The van der Waals surface area contributed by atoms with Crippen molar-refractivity contribution < 1.29 is 19.2 Å². The maximum Gasteiger partial charge on any atom is 0.276 e. The summed E-state index contributed by atoms with van der Waals surface area (Å²) in [7, 11) is 0. The van der Waals surface area contributed by atoms with Gasteiger partial charge in [-0.15, -0.1) is 5.10 Å². The van der Waals surface area contributed by atoms with E-state index in [1.54, 1.807) is 29.4 Å². The van der Waals surface area contributed by atoms with Gasteiger partial charge in [-0.2, -0.15) is 5.10 Å². The molecule has 36 heavy (non-hydrogen) atoms. The number of hydrogen-bond donors (Lipinski definition) is 2. The molecule has 2 aromatic heterocycles. The normalized spacial score (nSPS) is 20.8. The third-order valence-corrected chi connectivity index (χ3v) is 7.11. The Morgan fingerprint density at radius 3 is 2.78 bits per heavy atom. The molecule has 0 aliphatic carbocycles. The number of nitrogens with zero attached hydrogens (tertiary/aromatic N) is 6. The first kappa shape index (κ1) is 22.1. The van der Waals surface area contributed by atoms with Gasteiger partial charge >= 0.3 is 0 Å². The number of amides is 4. The summed E-state index contributed by atoms with van der Waals surface area (Å²) in [6.45, 7) is 5.34. The lowest BCUT2D eigenvalue weighted by Gasteiger charge is -2.37. The minimum absolute atomic E-state index is 0.202. The summed E-state index contributed by atoms with van der Waals surface area (Å²) in [4.78, 5) is 53.2. The topological polar surface area (TPSA) is 146 Å². The number of H-pyrrole nitrogens is 1. The Labute approximate surface area is 205 Å². The summed E-state index contributed by atoms with van der Waals surface area (Å²) in [5.74, 6) is -1.23. The number of aromatic amines is 1. The molecule has 3 aromatic rings. The van der Waals surface area contributed by atoms with Crippen molar-refractivity contribution in [2.45, 2.75) is 51.2 Å². The molecule has 4 amide bonds. The van der Waals surface area contributed by atoms with Crippen molar-refractivity contribution in [2.75, 3.05) is 6.54 Å². The second kappa shape index (κ2) is 7.83. The van der Waals surface area contributed by atoms with Crippen LogP contribution in [0.15, 0.2) is 30.6 Å². The van der Waals surface area contributed by atoms with Gasteiger partial charge < -0.3 is 9.80 Å². The highest BCUT2D eigenvalue weighted by Gasteiger charge is 2.39. The van der Waals surface area contributed by atoms with Crippen LogP contribution in [0.5, 0.6) is 0 Å². The van der Waals surface area contributed by atoms with Crippen molar-refractivity contribution in [3.63, 3.8) is 0 Å². The molecule has 0 saturated carbocycles. The first-order chi connectivity index (χ1) is 17.2. The van der Waals surface area contributed by atoms with Crippen LogP contribution in [0.4, 0.5) is 0 Å². The number of hydrogen-bond acceptors (Lipinski definition) is 7. The van der Waals surface area contributed by atoms with Gasteiger partial charge in [0, 0.05) is 48.3 Å². The standard InChI is InChI=1S/C24H24N8O4/c1-24(2)12-30(9-14-8-25-28-20(14)24)23(36)17-11-32(29-27-17)15-3-4-16-13(7-15)10-31(22(16)35)18-5-6-19(33)26-21(18)34/h3-4,7-8,11,18H,5-6,9-10,12H2,1-2H3,(H,25,28)(H,26,33,34). The molecular formula is C24H24N8O4. The highest BCUT2D eigenvalue weighted by atomic mass is 16.2. The zero-order valence-corrected chi connectivity index (χ0v) is 19.8. The van der Waals surface area contributed by atoms with Crippen LogP contribution in [-0.2, 0) is 28.1 Å². The predicted octanol–water partition coefficient (Wildman–Crippen LogP) is 0.685. The zero-order valence-electron chi connectivity index (χ0n) is 19.8. The molecular weight excluding hydrogens is 464 g/mol. The van der Waals surface area contributed by atoms with E-state index in [4.69, 9.17) is 0 Å². The first-order valence-electron chi connectivity index (χ1n) is 11.7. The Balaban J connectivity index is 1.21. The molecule has 2 N–H and O–H groups in total. The molecule has 1 fully saturated rings. The van der Waals surface area contributed by atoms with E-state index in [0.29, 0.717) is 30.8 Å². The predicted molar refractivity (Wildman–Crippen MR) is 124 cm³/mol. The van der Waals surface area contributed by atoms with Crippen LogP contribution in [0.25, 0.3) is 5.69 Å². The SMILES string of the molecule is CC1(C)CN(C(=O)c2cn(-c3ccc4c(c3)CN(C3CCC(=O)NC3=O)C4=O)nn2)Cc2cn[nH]c21. The van der Waals surface area contributed by atoms with Crippen molar-refractivity contribution in [1.82, 2.24) is 40.3 Å². The number of benzene rings is 1.